The molecule has 0 saturated carbocycles. The first kappa shape index (κ1) is 11.4. The molecule has 0 bridgehead atoms. The van der Waals surface area contributed by atoms with Crippen molar-refractivity contribution in [3.05, 3.63) is 34.9 Å². The van der Waals surface area contributed by atoms with E-state index >= 15 is 0 Å². The van der Waals surface area contributed by atoms with E-state index in [0.29, 0.717) is 5.56 Å². The number of halogens is 3. The van der Waals surface area contributed by atoms with Gasteiger partial charge in [-0.25, -0.2) is 8.78 Å². The first-order chi connectivity index (χ1) is 6.45. The van der Waals surface area contributed by atoms with Crippen LogP contribution in [0.3, 0.4) is 0 Å². The summed E-state index contributed by atoms with van der Waals surface area (Å²) >= 11 is 5.94. The highest BCUT2D eigenvalue weighted by Gasteiger charge is 2.21. The van der Waals surface area contributed by atoms with Crippen molar-refractivity contribution in [1.82, 2.24) is 0 Å². The Balaban J connectivity index is 3.25. The molecule has 0 aliphatic rings. The van der Waals surface area contributed by atoms with E-state index in [1.54, 1.807) is 6.92 Å². The van der Waals surface area contributed by atoms with Gasteiger partial charge in [-0.15, -0.1) is 11.6 Å². The van der Waals surface area contributed by atoms with Crippen LogP contribution in [0.1, 0.15) is 30.4 Å². The van der Waals surface area contributed by atoms with Crippen molar-refractivity contribution >= 4 is 11.6 Å². The van der Waals surface area contributed by atoms with E-state index in [-0.39, 0.29) is 11.5 Å². The predicted octanol–water partition coefficient (Wildman–Crippen LogP) is 4.21. The largest absolute Gasteiger partial charge is 0.207 e. The molecule has 1 aromatic carbocycles. The summed E-state index contributed by atoms with van der Waals surface area (Å²) in [7, 11) is 0. The van der Waals surface area contributed by atoms with Crippen LogP contribution in [0.5, 0.6) is 0 Å². The van der Waals surface area contributed by atoms with Crippen molar-refractivity contribution < 1.29 is 8.78 Å². The molecule has 0 N–H and O–H groups in total. The number of benzene rings is 1. The fraction of sp³-hybridized carbons (Fsp3) is 0.455. The summed E-state index contributed by atoms with van der Waals surface area (Å²) in [6, 6.07) is 2.67. The van der Waals surface area contributed by atoms with Crippen molar-refractivity contribution in [1.29, 1.82) is 0 Å². The van der Waals surface area contributed by atoms with Gasteiger partial charge in [0.15, 0.2) is 0 Å². The third-order valence-electron chi connectivity index (χ3n) is 2.18. The molecule has 14 heavy (non-hydrogen) atoms. The maximum Gasteiger partial charge on any atom is 0.133 e. The zero-order chi connectivity index (χ0) is 10.9. The standard InChI is InChI=1S/C11H13ClF2/c1-6(2)10(12)9-8(13)5-4-7(3)11(9)14/h4-6,10H,1-3H3. The Labute approximate surface area is 87.9 Å². The average molecular weight is 219 g/mol. The van der Waals surface area contributed by atoms with Gasteiger partial charge in [0.1, 0.15) is 11.6 Å². The fourth-order valence-electron chi connectivity index (χ4n) is 1.26. The van der Waals surface area contributed by atoms with Crippen LogP contribution >= 0.6 is 11.6 Å². The Morgan fingerprint density at radius 2 is 1.79 bits per heavy atom. The lowest BCUT2D eigenvalue weighted by Gasteiger charge is -2.16. The summed E-state index contributed by atoms with van der Waals surface area (Å²) in [5, 5.41) is -0.616. The van der Waals surface area contributed by atoms with Gasteiger partial charge in [-0.3, -0.25) is 0 Å². The molecule has 0 aliphatic heterocycles. The summed E-state index contributed by atoms with van der Waals surface area (Å²) in [6.07, 6.45) is 0. The van der Waals surface area contributed by atoms with Gasteiger partial charge >= 0.3 is 0 Å². The minimum absolute atomic E-state index is 0.00228. The molecule has 1 rings (SSSR count). The van der Waals surface area contributed by atoms with Crippen molar-refractivity contribution in [2.24, 2.45) is 5.92 Å². The molecule has 0 spiro atoms. The normalized spacial score (nSPS) is 13.4. The molecule has 0 saturated heterocycles. The third kappa shape index (κ3) is 2.06. The molecular weight excluding hydrogens is 206 g/mol. The molecule has 1 aromatic rings. The second-order valence-electron chi connectivity index (χ2n) is 3.74. The van der Waals surface area contributed by atoms with Gasteiger partial charge in [0.2, 0.25) is 0 Å². The van der Waals surface area contributed by atoms with Gasteiger partial charge in [-0.2, -0.15) is 0 Å². The van der Waals surface area contributed by atoms with Crippen LogP contribution < -0.4 is 0 Å². The molecule has 0 fully saturated rings. The van der Waals surface area contributed by atoms with Crippen molar-refractivity contribution in [2.45, 2.75) is 26.1 Å². The summed E-state index contributed by atoms with van der Waals surface area (Å²) < 4.78 is 26.9. The zero-order valence-electron chi connectivity index (χ0n) is 8.44. The van der Waals surface area contributed by atoms with E-state index in [1.807, 2.05) is 13.8 Å². The maximum atomic E-state index is 13.5. The monoisotopic (exact) mass is 218 g/mol. The molecule has 3 heteroatoms. The second kappa shape index (κ2) is 4.26. The lowest BCUT2D eigenvalue weighted by atomic mass is 9.99. The van der Waals surface area contributed by atoms with E-state index < -0.39 is 17.0 Å². The molecule has 0 aliphatic carbocycles. The third-order valence-corrected chi connectivity index (χ3v) is 2.90. The van der Waals surface area contributed by atoms with Crippen molar-refractivity contribution in [3.8, 4) is 0 Å². The lowest BCUT2D eigenvalue weighted by Crippen LogP contribution is -2.06. The molecule has 1 atom stereocenters. The molecular formula is C11H13ClF2. The van der Waals surface area contributed by atoms with Gasteiger partial charge in [-0.05, 0) is 24.5 Å². The Morgan fingerprint density at radius 1 is 1.21 bits per heavy atom. The Hall–Kier alpha value is -0.630. The summed E-state index contributed by atoms with van der Waals surface area (Å²) in [5.41, 5.74) is 0.411. The quantitative estimate of drug-likeness (QED) is 0.653. The molecule has 0 amide bonds. The minimum atomic E-state index is -0.616. The highest BCUT2D eigenvalue weighted by atomic mass is 35.5. The van der Waals surface area contributed by atoms with E-state index in [1.165, 1.54) is 12.1 Å². The number of hydrogen-bond acceptors (Lipinski definition) is 0. The van der Waals surface area contributed by atoms with E-state index in [4.69, 9.17) is 11.6 Å². The second-order valence-corrected chi connectivity index (χ2v) is 4.21. The minimum Gasteiger partial charge on any atom is -0.207 e. The Bertz CT molecular complexity index is 334. The fourth-order valence-corrected chi connectivity index (χ4v) is 1.46. The van der Waals surface area contributed by atoms with Gasteiger partial charge in [0, 0.05) is 5.56 Å². The molecule has 0 radical (unpaired) electrons. The van der Waals surface area contributed by atoms with Crippen LogP contribution in [0, 0.1) is 24.5 Å². The van der Waals surface area contributed by atoms with E-state index in [2.05, 4.69) is 0 Å². The van der Waals surface area contributed by atoms with Crippen LogP contribution in [0.2, 0.25) is 0 Å². The summed E-state index contributed by atoms with van der Waals surface area (Å²) in [4.78, 5) is 0. The smallest absolute Gasteiger partial charge is 0.133 e. The topological polar surface area (TPSA) is 0 Å². The maximum absolute atomic E-state index is 13.5. The van der Waals surface area contributed by atoms with E-state index in [0.717, 1.165) is 0 Å². The summed E-state index contributed by atoms with van der Waals surface area (Å²) in [6.45, 7) is 5.26. The summed E-state index contributed by atoms with van der Waals surface area (Å²) in [5.74, 6) is -1.09. The Morgan fingerprint density at radius 3 is 2.29 bits per heavy atom. The van der Waals surface area contributed by atoms with Crippen LogP contribution in [-0.2, 0) is 0 Å². The predicted molar refractivity (Wildman–Crippen MR) is 54.5 cm³/mol. The lowest BCUT2D eigenvalue weighted by molar-refractivity contribution is 0.512. The van der Waals surface area contributed by atoms with E-state index in [9.17, 15) is 8.78 Å². The zero-order valence-corrected chi connectivity index (χ0v) is 9.20. The highest BCUT2D eigenvalue weighted by Crippen LogP contribution is 2.33. The van der Waals surface area contributed by atoms with Crippen LogP contribution in [0.15, 0.2) is 12.1 Å². The number of aryl methyl sites for hydroxylation is 1. The first-order valence-corrected chi connectivity index (χ1v) is 4.97. The van der Waals surface area contributed by atoms with Crippen LogP contribution in [0.4, 0.5) is 8.78 Å². The number of hydrogen-bond donors (Lipinski definition) is 0. The molecule has 78 valence electrons. The average Bonchev–Trinajstić information content (AvgIpc) is 2.12. The number of alkyl halides is 1. The molecule has 0 nitrogen and oxygen atoms in total. The first-order valence-electron chi connectivity index (χ1n) is 4.53. The van der Waals surface area contributed by atoms with Gasteiger partial charge in [-0.1, -0.05) is 19.9 Å². The molecule has 0 heterocycles. The van der Waals surface area contributed by atoms with Crippen molar-refractivity contribution in [2.75, 3.05) is 0 Å². The number of rotatable bonds is 2. The van der Waals surface area contributed by atoms with Gasteiger partial charge in [0.25, 0.3) is 0 Å². The van der Waals surface area contributed by atoms with Crippen molar-refractivity contribution in [3.63, 3.8) is 0 Å². The van der Waals surface area contributed by atoms with Gasteiger partial charge < -0.3 is 0 Å². The highest BCUT2D eigenvalue weighted by molar-refractivity contribution is 6.21. The Kier molecular flexibility index (Phi) is 3.48. The van der Waals surface area contributed by atoms with Crippen LogP contribution in [0.25, 0.3) is 0 Å². The molecule has 0 aromatic heterocycles. The van der Waals surface area contributed by atoms with Crippen LogP contribution in [-0.4, -0.2) is 0 Å². The van der Waals surface area contributed by atoms with Gasteiger partial charge in [0.05, 0.1) is 5.38 Å². The SMILES string of the molecule is Cc1ccc(F)c(C(Cl)C(C)C)c1F. The molecule has 1 unspecified atom stereocenters.